The molecular weight excluding hydrogens is 238 g/mol. The normalized spacial score (nSPS) is 27.3. The average molecular weight is 255 g/mol. The van der Waals surface area contributed by atoms with Crippen molar-refractivity contribution in [2.45, 2.75) is 39.3 Å². The smallest absolute Gasteiger partial charge is 0.157 e. The quantitative estimate of drug-likeness (QED) is 0.902. The van der Waals surface area contributed by atoms with Gasteiger partial charge in [0.1, 0.15) is 5.01 Å². The van der Waals surface area contributed by atoms with E-state index in [2.05, 4.69) is 34.5 Å². The standard InChI is InChI=1S/C11H17N3S2/c1-4-11(3)7-16-10(14-11)12-5-9-13-8(2)6-15-9/h6H,4-5,7H2,1-3H3,(H,12,14). The number of aromatic nitrogens is 1. The number of thioether (sulfide) groups is 1. The molecule has 0 saturated carbocycles. The van der Waals surface area contributed by atoms with Crippen molar-refractivity contribution in [2.75, 3.05) is 5.75 Å². The van der Waals surface area contributed by atoms with Gasteiger partial charge in [0.25, 0.3) is 0 Å². The van der Waals surface area contributed by atoms with Crippen LogP contribution in [0.3, 0.4) is 0 Å². The van der Waals surface area contributed by atoms with Crippen LogP contribution in [0, 0.1) is 6.92 Å². The highest BCUT2D eigenvalue weighted by atomic mass is 32.2. The molecule has 0 radical (unpaired) electrons. The molecule has 0 spiro atoms. The Morgan fingerprint density at radius 2 is 2.44 bits per heavy atom. The van der Waals surface area contributed by atoms with Crippen LogP contribution in [-0.4, -0.2) is 21.4 Å². The highest BCUT2D eigenvalue weighted by Crippen LogP contribution is 2.25. The fourth-order valence-corrected chi connectivity index (χ4v) is 3.35. The van der Waals surface area contributed by atoms with E-state index in [9.17, 15) is 0 Å². The maximum atomic E-state index is 4.57. The van der Waals surface area contributed by atoms with Gasteiger partial charge in [0.15, 0.2) is 5.17 Å². The van der Waals surface area contributed by atoms with Gasteiger partial charge in [0, 0.05) is 22.4 Å². The Morgan fingerprint density at radius 1 is 1.62 bits per heavy atom. The van der Waals surface area contributed by atoms with E-state index < -0.39 is 0 Å². The van der Waals surface area contributed by atoms with Gasteiger partial charge in [-0.25, -0.2) is 4.98 Å². The minimum absolute atomic E-state index is 0.224. The number of hydrogen-bond acceptors (Lipinski definition) is 4. The first-order chi connectivity index (χ1) is 7.61. The van der Waals surface area contributed by atoms with Crippen molar-refractivity contribution in [3.63, 3.8) is 0 Å². The minimum atomic E-state index is 0.224. The van der Waals surface area contributed by atoms with Gasteiger partial charge in [-0.1, -0.05) is 18.7 Å². The van der Waals surface area contributed by atoms with Crippen molar-refractivity contribution in [1.29, 1.82) is 0 Å². The molecule has 1 aromatic heterocycles. The van der Waals surface area contributed by atoms with Gasteiger partial charge in [-0.15, -0.1) is 11.3 Å². The van der Waals surface area contributed by atoms with Crippen LogP contribution in [0.1, 0.15) is 31.0 Å². The van der Waals surface area contributed by atoms with Crippen LogP contribution in [0.5, 0.6) is 0 Å². The molecule has 1 aliphatic rings. The Hall–Kier alpha value is -0.550. The molecule has 0 aliphatic carbocycles. The zero-order valence-electron chi connectivity index (χ0n) is 9.91. The number of nitrogens with zero attached hydrogens (tertiary/aromatic N) is 2. The molecule has 5 heteroatoms. The van der Waals surface area contributed by atoms with Gasteiger partial charge in [-0.2, -0.15) is 0 Å². The van der Waals surface area contributed by atoms with E-state index in [1.54, 1.807) is 11.3 Å². The Kier molecular flexibility index (Phi) is 3.54. The van der Waals surface area contributed by atoms with Gasteiger partial charge in [0.2, 0.25) is 0 Å². The molecule has 16 heavy (non-hydrogen) atoms. The summed E-state index contributed by atoms with van der Waals surface area (Å²) in [5.74, 6) is 1.11. The molecule has 1 aliphatic heterocycles. The lowest BCUT2D eigenvalue weighted by Crippen LogP contribution is -2.39. The third-order valence-electron chi connectivity index (χ3n) is 2.74. The number of nitrogens with one attached hydrogen (secondary N) is 1. The molecule has 88 valence electrons. The first kappa shape index (κ1) is 11.9. The van der Waals surface area contributed by atoms with Crippen LogP contribution < -0.4 is 5.32 Å². The molecule has 2 rings (SSSR count). The lowest BCUT2D eigenvalue weighted by Gasteiger charge is -2.20. The largest absolute Gasteiger partial charge is 0.359 e. The van der Waals surface area contributed by atoms with Gasteiger partial charge >= 0.3 is 0 Å². The summed E-state index contributed by atoms with van der Waals surface area (Å²) in [6.07, 6.45) is 1.13. The third kappa shape index (κ3) is 2.77. The number of aryl methyl sites for hydroxylation is 1. The molecule has 0 amide bonds. The molecule has 1 N–H and O–H groups in total. The summed E-state index contributed by atoms with van der Waals surface area (Å²) < 4.78 is 0. The van der Waals surface area contributed by atoms with Crippen molar-refractivity contribution in [1.82, 2.24) is 10.3 Å². The summed E-state index contributed by atoms with van der Waals surface area (Å²) in [7, 11) is 0. The molecule has 3 nitrogen and oxygen atoms in total. The predicted molar refractivity (Wildman–Crippen MR) is 72.3 cm³/mol. The van der Waals surface area contributed by atoms with Crippen molar-refractivity contribution < 1.29 is 0 Å². The summed E-state index contributed by atoms with van der Waals surface area (Å²) in [4.78, 5) is 8.97. The average Bonchev–Trinajstić information content (AvgIpc) is 2.83. The molecule has 1 atom stereocenters. The van der Waals surface area contributed by atoms with Crippen LogP contribution in [0.2, 0.25) is 0 Å². The summed E-state index contributed by atoms with van der Waals surface area (Å²) in [6, 6.07) is 0. The fourth-order valence-electron chi connectivity index (χ4n) is 1.45. The molecule has 1 aromatic rings. The van der Waals surface area contributed by atoms with Crippen LogP contribution in [0.25, 0.3) is 0 Å². The summed E-state index contributed by atoms with van der Waals surface area (Å²) in [5.41, 5.74) is 1.31. The second kappa shape index (κ2) is 4.75. The highest BCUT2D eigenvalue weighted by Gasteiger charge is 2.30. The molecular formula is C11H17N3S2. The first-order valence-corrected chi connectivity index (χ1v) is 7.34. The SMILES string of the molecule is CCC1(C)CSC(=NCc2nc(C)cs2)N1. The molecule has 1 fully saturated rings. The van der Waals surface area contributed by atoms with Gasteiger partial charge in [-0.05, 0) is 20.3 Å². The zero-order valence-corrected chi connectivity index (χ0v) is 11.5. The van der Waals surface area contributed by atoms with E-state index in [0.717, 1.165) is 28.0 Å². The highest BCUT2D eigenvalue weighted by molar-refractivity contribution is 8.14. The number of thiazole rings is 1. The van der Waals surface area contributed by atoms with Crippen LogP contribution >= 0.6 is 23.1 Å². The summed E-state index contributed by atoms with van der Waals surface area (Å²) in [5, 5.41) is 7.72. The topological polar surface area (TPSA) is 37.3 Å². The van der Waals surface area contributed by atoms with Gasteiger partial charge in [0.05, 0.1) is 6.54 Å². The third-order valence-corrected chi connectivity index (χ3v) is 4.98. The fraction of sp³-hybridized carbons (Fsp3) is 0.636. The van der Waals surface area contributed by atoms with Gasteiger partial charge in [-0.3, -0.25) is 4.99 Å². The van der Waals surface area contributed by atoms with Crippen LogP contribution in [0.4, 0.5) is 0 Å². The Morgan fingerprint density at radius 3 is 3.00 bits per heavy atom. The van der Waals surface area contributed by atoms with E-state index in [1.165, 1.54) is 0 Å². The monoisotopic (exact) mass is 255 g/mol. The van der Waals surface area contributed by atoms with Crippen LogP contribution in [0.15, 0.2) is 10.4 Å². The molecule has 1 unspecified atom stereocenters. The van der Waals surface area contributed by atoms with Gasteiger partial charge < -0.3 is 5.32 Å². The minimum Gasteiger partial charge on any atom is -0.359 e. The van der Waals surface area contributed by atoms with E-state index >= 15 is 0 Å². The van der Waals surface area contributed by atoms with E-state index in [4.69, 9.17) is 0 Å². The molecule has 0 aromatic carbocycles. The number of hydrogen-bond donors (Lipinski definition) is 1. The van der Waals surface area contributed by atoms with Crippen molar-refractivity contribution >= 4 is 28.3 Å². The Balaban J connectivity index is 1.95. The number of rotatable bonds is 3. The second-order valence-electron chi connectivity index (χ2n) is 4.33. The Labute approximate surface area is 105 Å². The maximum Gasteiger partial charge on any atom is 0.157 e. The molecule has 2 heterocycles. The lowest BCUT2D eigenvalue weighted by atomic mass is 10.0. The van der Waals surface area contributed by atoms with Crippen molar-refractivity contribution in [3.8, 4) is 0 Å². The predicted octanol–water partition coefficient (Wildman–Crippen LogP) is 2.81. The number of amidine groups is 1. The Bertz CT molecular complexity index is 400. The van der Waals surface area contributed by atoms with Crippen molar-refractivity contribution in [2.24, 2.45) is 4.99 Å². The summed E-state index contributed by atoms with van der Waals surface area (Å²) in [6.45, 7) is 7.17. The first-order valence-electron chi connectivity index (χ1n) is 5.48. The summed E-state index contributed by atoms with van der Waals surface area (Å²) >= 11 is 3.50. The number of aliphatic imine (C=N–C) groups is 1. The lowest BCUT2D eigenvalue weighted by molar-refractivity contribution is 0.466. The maximum absolute atomic E-state index is 4.57. The van der Waals surface area contributed by atoms with E-state index in [-0.39, 0.29) is 5.54 Å². The molecule has 0 bridgehead atoms. The molecule has 1 saturated heterocycles. The van der Waals surface area contributed by atoms with E-state index in [0.29, 0.717) is 6.54 Å². The van der Waals surface area contributed by atoms with Crippen molar-refractivity contribution in [3.05, 3.63) is 16.1 Å². The van der Waals surface area contributed by atoms with Crippen LogP contribution in [-0.2, 0) is 6.54 Å². The second-order valence-corrected chi connectivity index (χ2v) is 6.24. The zero-order chi connectivity index (χ0) is 11.6. The van der Waals surface area contributed by atoms with E-state index in [1.807, 2.05) is 18.7 Å².